The fourth-order valence-corrected chi connectivity index (χ4v) is 5.50. The third-order valence-corrected chi connectivity index (χ3v) is 7.34. The van der Waals surface area contributed by atoms with Crippen molar-refractivity contribution in [3.63, 3.8) is 0 Å². The van der Waals surface area contributed by atoms with E-state index >= 15 is 0 Å². The number of hydrazine groups is 1. The van der Waals surface area contributed by atoms with Crippen LogP contribution in [0.1, 0.15) is 30.7 Å². The number of nitrogens with one attached hydrogen (secondary N) is 3. The predicted molar refractivity (Wildman–Crippen MR) is 127 cm³/mol. The highest BCUT2D eigenvalue weighted by Crippen LogP contribution is 2.38. The van der Waals surface area contributed by atoms with Gasteiger partial charge in [0.2, 0.25) is 0 Å². The Balaban J connectivity index is 1.22. The molecule has 0 amide bonds. The summed E-state index contributed by atoms with van der Waals surface area (Å²) in [6, 6.07) is 6.88. The van der Waals surface area contributed by atoms with Gasteiger partial charge in [0.1, 0.15) is 5.82 Å². The van der Waals surface area contributed by atoms with E-state index in [0.29, 0.717) is 25.1 Å². The van der Waals surface area contributed by atoms with Crippen LogP contribution >= 0.6 is 0 Å². The Labute approximate surface area is 193 Å². The van der Waals surface area contributed by atoms with E-state index in [4.69, 9.17) is 4.74 Å². The molecule has 0 aromatic carbocycles. The lowest BCUT2D eigenvalue weighted by molar-refractivity contribution is 0.00355. The van der Waals surface area contributed by atoms with Crippen molar-refractivity contribution in [2.75, 3.05) is 43.1 Å². The van der Waals surface area contributed by atoms with Crippen LogP contribution in [-0.4, -0.2) is 64.5 Å². The highest BCUT2D eigenvalue weighted by Gasteiger charge is 2.34. The van der Waals surface area contributed by atoms with E-state index in [9.17, 15) is 5.11 Å². The molecule has 5 heterocycles. The number of hydrogen-bond donors (Lipinski definition) is 4. The maximum absolute atomic E-state index is 9.40. The first-order chi connectivity index (χ1) is 16.3. The molecule has 174 valence electrons. The van der Waals surface area contributed by atoms with Crippen molar-refractivity contribution in [2.45, 2.75) is 37.3 Å². The molecule has 0 radical (unpaired) electrons. The van der Waals surface area contributed by atoms with Gasteiger partial charge < -0.3 is 24.5 Å². The number of aromatic nitrogens is 3. The van der Waals surface area contributed by atoms with E-state index in [1.54, 1.807) is 0 Å². The first-order valence-electron chi connectivity index (χ1n) is 11.9. The second-order valence-corrected chi connectivity index (χ2v) is 9.40. The fourth-order valence-electron chi connectivity index (χ4n) is 5.50. The highest BCUT2D eigenvalue weighted by molar-refractivity contribution is 5.73. The molecule has 2 aliphatic heterocycles. The minimum Gasteiger partial charge on any atom is -0.394 e. The summed E-state index contributed by atoms with van der Waals surface area (Å²) in [5, 5.41) is 12.9. The molecule has 4 N–H and O–H groups in total. The van der Waals surface area contributed by atoms with E-state index in [2.05, 4.69) is 53.8 Å². The molecule has 2 saturated heterocycles. The molecule has 3 fully saturated rings. The molecule has 9 heteroatoms. The average molecular weight is 450 g/mol. The van der Waals surface area contributed by atoms with E-state index in [-0.39, 0.29) is 12.7 Å². The van der Waals surface area contributed by atoms with Crippen LogP contribution in [0.4, 0.5) is 17.2 Å². The summed E-state index contributed by atoms with van der Waals surface area (Å²) in [5.41, 5.74) is 11.1. The number of hydrogen-bond acceptors (Lipinski definition) is 8. The maximum atomic E-state index is 9.40. The molecule has 4 atom stereocenters. The van der Waals surface area contributed by atoms with Crippen LogP contribution < -0.4 is 21.1 Å². The van der Waals surface area contributed by atoms with Crippen molar-refractivity contribution in [2.24, 2.45) is 5.92 Å². The van der Waals surface area contributed by atoms with Crippen molar-refractivity contribution < 1.29 is 9.84 Å². The van der Waals surface area contributed by atoms with Crippen LogP contribution in [0.5, 0.6) is 0 Å². The second-order valence-electron chi connectivity index (χ2n) is 9.40. The van der Waals surface area contributed by atoms with Gasteiger partial charge in [-0.2, -0.15) is 0 Å². The molecule has 3 unspecified atom stereocenters. The highest BCUT2D eigenvalue weighted by atomic mass is 16.5. The number of fused-ring (bicyclic) bond motifs is 2. The molecule has 9 nitrogen and oxygen atoms in total. The van der Waals surface area contributed by atoms with Gasteiger partial charge in [0, 0.05) is 44.3 Å². The van der Waals surface area contributed by atoms with Crippen LogP contribution in [0.25, 0.3) is 5.65 Å². The zero-order chi connectivity index (χ0) is 22.2. The summed E-state index contributed by atoms with van der Waals surface area (Å²) in [6.07, 6.45) is 11.4. The fraction of sp³-hybridized carbons (Fsp3) is 0.500. The standard InChI is InChI=1S/C24H31N7O2/c32-15-20-14-30(7-8-33-20)19-3-4-23(26-12-19)28-22-10-18(13-31-6-5-25-24(22)31)16-1-2-17-11-27-29-21(17)9-16/h3-6,10,12-13,16-17,20-21,27,29,32H,1-2,7-9,11,14-15H2,(H,26,28)/t16?,17?,20-,21?/m0/s1. The van der Waals surface area contributed by atoms with Gasteiger partial charge in [0.05, 0.1) is 36.9 Å². The van der Waals surface area contributed by atoms with Gasteiger partial charge >= 0.3 is 0 Å². The Morgan fingerprint density at radius 3 is 3.09 bits per heavy atom. The number of aliphatic hydroxyl groups excluding tert-OH is 1. The molecule has 1 saturated carbocycles. The number of pyridine rings is 2. The van der Waals surface area contributed by atoms with Crippen molar-refractivity contribution in [1.82, 2.24) is 25.2 Å². The predicted octanol–water partition coefficient (Wildman–Crippen LogP) is 2.03. The quantitative estimate of drug-likeness (QED) is 0.470. The van der Waals surface area contributed by atoms with Crippen LogP contribution in [0, 0.1) is 5.92 Å². The normalized spacial score (nSPS) is 27.6. The summed E-state index contributed by atoms with van der Waals surface area (Å²) < 4.78 is 7.67. The topological polar surface area (TPSA) is 99.0 Å². The van der Waals surface area contributed by atoms with Crippen LogP contribution in [0.3, 0.4) is 0 Å². The van der Waals surface area contributed by atoms with Gasteiger partial charge in [-0.05, 0) is 54.9 Å². The van der Waals surface area contributed by atoms with Crippen molar-refractivity contribution >= 4 is 22.8 Å². The molecule has 0 spiro atoms. The molecular weight excluding hydrogens is 418 g/mol. The number of aliphatic hydroxyl groups is 1. The Hall–Kier alpha value is -2.72. The van der Waals surface area contributed by atoms with Crippen molar-refractivity contribution in [3.8, 4) is 0 Å². The average Bonchev–Trinajstić information content (AvgIpc) is 3.53. The Morgan fingerprint density at radius 1 is 1.24 bits per heavy atom. The molecule has 33 heavy (non-hydrogen) atoms. The van der Waals surface area contributed by atoms with Crippen molar-refractivity contribution in [3.05, 3.63) is 48.5 Å². The van der Waals surface area contributed by atoms with E-state index in [1.165, 1.54) is 18.4 Å². The monoisotopic (exact) mass is 449 g/mol. The third-order valence-electron chi connectivity index (χ3n) is 7.34. The largest absolute Gasteiger partial charge is 0.394 e. The number of morpholine rings is 1. The van der Waals surface area contributed by atoms with Crippen LogP contribution in [0.15, 0.2) is 43.0 Å². The summed E-state index contributed by atoms with van der Waals surface area (Å²) in [5.74, 6) is 2.07. The van der Waals surface area contributed by atoms with Crippen LogP contribution in [0.2, 0.25) is 0 Å². The second kappa shape index (κ2) is 8.90. The zero-order valence-electron chi connectivity index (χ0n) is 18.7. The third kappa shape index (κ3) is 4.17. The van der Waals surface area contributed by atoms with Gasteiger partial charge in [-0.3, -0.25) is 10.9 Å². The van der Waals surface area contributed by atoms with Crippen LogP contribution in [-0.2, 0) is 4.74 Å². The van der Waals surface area contributed by atoms with Gasteiger partial charge in [-0.15, -0.1) is 0 Å². The van der Waals surface area contributed by atoms with Gasteiger partial charge in [-0.1, -0.05) is 0 Å². The Morgan fingerprint density at radius 2 is 2.21 bits per heavy atom. The zero-order valence-corrected chi connectivity index (χ0v) is 18.7. The number of anilines is 3. The van der Waals surface area contributed by atoms with Gasteiger partial charge in [0.15, 0.2) is 5.65 Å². The summed E-state index contributed by atoms with van der Waals surface area (Å²) in [7, 11) is 0. The Bertz CT molecular complexity index is 1100. The number of ether oxygens (including phenoxy) is 1. The van der Waals surface area contributed by atoms with Crippen molar-refractivity contribution in [1.29, 1.82) is 0 Å². The van der Waals surface area contributed by atoms with Gasteiger partial charge in [-0.25, -0.2) is 9.97 Å². The number of rotatable bonds is 5. The number of nitrogens with zero attached hydrogens (tertiary/aromatic N) is 4. The summed E-state index contributed by atoms with van der Waals surface area (Å²) in [6.45, 7) is 3.21. The molecule has 0 bridgehead atoms. The van der Waals surface area contributed by atoms with E-state index < -0.39 is 0 Å². The lowest BCUT2D eigenvalue weighted by atomic mass is 9.77. The minimum atomic E-state index is -0.140. The molecule has 3 aromatic heterocycles. The number of imidazole rings is 1. The summed E-state index contributed by atoms with van der Waals surface area (Å²) >= 11 is 0. The lowest BCUT2D eigenvalue weighted by Gasteiger charge is -2.33. The maximum Gasteiger partial charge on any atom is 0.160 e. The SMILES string of the molecule is OC[C@@H]1CN(c2ccc(Nc3cc(C4CCC5CNNC5C4)cn4ccnc34)nc2)CCO1. The molecule has 3 aliphatic rings. The minimum absolute atomic E-state index is 0.0369. The molecular formula is C24H31N7O2. The Kier molecular flexibility index (Phi) is 5.63. The van der Waals surface area contributed by atoms with Gasteiger partial charge in [0.25, 0.3) is 0 Å². The molecule has 3 aromatic rings. The first-order valence-corrected chi connectivity index (χ1v) is 11.9. The van der Waals surface area contributed by atoms with E-state index in [0.717, 1.165) is 48.3 Å². The first kappa shape index (κ1) is 20.9. The summed E-state index contributed by atoms with van der Waals surface area (Å²) in [4.78, 5) is 11.4. The smallest absolute Gasteiger partial charge is 0.160 e. The van der Waals surface area contributed by atoms with E-state index in [1.807, 2.05) is 24.7 Å². The molecule has 1 aliphatic carbocycles. The molecule has 6 rings (SSSR count). The lowest BCUT2D eigenvalue weighted by Crippen LogP contribution is -2.44.